The average molecular weight is 346 g/mol. The summed E-state index contributed by atoms with van der Waals surface area (Å²) in [5.41, 5.74) is 0. The number of hydrogen-bond acceptors (Lipinski definition) is 3. The van der Waals surface area contributed by atoms with Crippen LogP contribution in [0.15, 0.2) is 30.3 Å². The Labute approximate surface area is 115 Å². The summed E-state index contributed by atoms with van der Waals surface area (Å²) in [7, 11) is -3.83. The van der Waals surface area contributed by atoms with Gasteiger partial charge in [0.25, 0.3) is 0 Å². The zero-order valence-electron chi connectivity index (χ0n) is 12.1. The van der Waals surface area contributed by atoms with E-state index in [1.54, 1.807) is 0 Å². The first-order valence-corrected chi connectivity index (χ1v) is 16.1. The molecule has 0 heterocycles. The van der Waals surface area contributed by atoms with Gasteiger partial charge in [0.05, 0.1) is 0 Å². The molecule has 0 saturated heterocycles. The van der Waals surface area contributed by atoms with Crippen molar-refractivity contribution in [3.8, 4) is 0 Å². The molecule has 1 rings (SSSR count). The predicted octanol–water partition coefficient (Wildman–Crippen LogP) is 2.97. The van der Waals surface area contributed by atoms with Crippen LogP contribution >= 0.6 is 0 Å². The molecule has 102 valence electrons. The van der Waals surface area contributed by atoms with Gasteiger partial charge in [-0.15, -0.1) is 0 Å². The van der Waals surface area contributed by atoms with E-state index in [0.29, 0.717) is 0 Å². The zero-order chi connectivity index (χ0) is 14.0. The quantitative estimate of drug-likeness (QED) is 0.769. The van der Waals surface area contributed by atoms with Crippen LogP contribution in [0.5, 0.6) is 0 Å². The SMILES string of the molecule is C[Si](C)(C)O[As](=O)(O[Si](C)(C)C)c1ccccc1. The average Bonchev–Trinajstić information content (AvgIpc) is 2.13. The Morgan fingerprint density at radius 2 is 1.22 bits per heavy atom. The maximum absolute atomic E-state index is 13.1. The summed E-state index contributed by atoms with van der Waals surface area (Å²) in [5, 5.41) is 0. The third-order valence-electron chi connectivity index (χ3n) is 1.86. The van der Waals surface area contributed by atoms with Crippen molar-refractivity contribution in [2.24, 2.45) is 0 Å². The van der Waals surface area contributed by atoms with E-state index in [1.165, 1.54) is 0 Å². The van der Waals surface area contributed by atoms with Crippen molar-refractivity contribution in [3.05, 3.63) is 30.3 Å². The van der Waals surface area contributed by atoms with Gasteiger partial charge in [-0.2, -0.15) is 0 Å². The van der Waals surface area contributed by atoms with Gasteiger partial charge in [-0.1, -0.05) is 0 Å². The molecule has 1 aromatic rings. The summed E-state index contributed by atoms with van der Waals surface area (Å²) in [6.07, 6.45) is 0. The summed E-state index contributed by atoms with van der Waals surface area (Å²) in [6.45, 7) is 12.2. The standard InChI is InChI=1S/C12H23AsO3Si2/c1-17(2,3)15-13(14,16-18(4,5)6)12-10-8-7-9-11-12/h7-11H,1-6H3. The Kier molecular flexibility index (Phi) is 4.89. The van der Waals surface area contributed by atoms with E-state index in [4.69, 9.17) is 6.83 Å². The molecule has 18 heavy (non-hydrogen) atoms. The summed E-state index contributed by atoms with van der Waals surface area (Å²) in [6, 6.07) is 9.36. The van der Waals surface area contributed by atoms with Crippen molar-refractivity contribution in [2.45, 2.75) is 39.3 Å². The van der Waals surface area contributed by atoms with Gasteiger partial charge >= 0.3 is 115 Å². The van der Waals surface area contributed by atoms with E-state index in [0.717, 1.165) is 4.35 Å². The second-order valence-corrected chi connectivity index (χ2v) is 20.5. The fourth-order valence-corrected chi connectivity index (χ4v) is 15.5. The predicted molar refractivity (Wildman–Crippen MR) is 81.4 cm³/mol. The van der Waals surface area contributed by atoms with Crippen molar-refractivity contribution in [3.63, 3.8) is 0 Å². The molecule has 0 amide bonds. The van der Waals surface area contributed by atoms with E-state index in [-0.39, 0.29) is 0 Å². The zero-order valence-corrected chi connectivity index (χ0v) is 15.9. The number of rotatable bonds is 5. The Bertz CT molecular complexity index is 415. The van der Waals surface area contributed by atoms with Crippen LogP contribution in [-0.2, 0) is 10.6 Å². The van der Waals surface area contributed by atoms with E-state index in [1.807, 2.05) is 69.6 Å². The van der Waals surface area contributed by atoms with Crippen molar-refractivity contribution < 1.29 is 10.6 Å². The Morgan fingerprint density at radius 1 is 0.833 bits per heavy atom. The first kappa shape index (κ1) is 16.0. The molecule has 0 unspecified atom stereocenters. The molecule has 0 N–H and O–H groups in total. The van der Waals surface area contributed by atoms with Gasteiger partial charge in [0.2, 0.25) is 0 Å². The molecule has 0 saturated carbocycles. The molecule has 0 aliphatic rings. The Morgan fingerprint density at radius 3 is 1.56 bits per heavy atom. The molecular weight excluding hydrogens is 323 g/mol. The molecule has 1 aromatic carbocycles. The Balaban J connectivity index is 3.14. The molecule has 0 bridgehead atoms. The third-order valence-corrected chi connectivity index (χ3v) is 15.3. The van der Waals surface area contributed by atoms with Crippen LogP contribution in [0.4, 0.5) is 0 Å². The molecule has 0 spiro atoms. The summed E-state index contributed by atoms with van der Waals surface area (Å²) >= 11 is -3.92. The topological polar surface area (TPSA) is 35.5 Å². The van der Waals surface area contributed by atoms with E-state index < -0.39 is 30.8 Å². The summed E-state index contributed by atoms with van der Waals surface area (Å²) in [4.78, 5) is 0. The van der Waals surface area contributed by atoms with E-state index in [2.05, 4.69) is 0 Å². The molecule has 0 aliphatic heterocycles. The van der Waals surface area contributed by atoms with Crippen LogP contribution in [-0.4, -0.2) is 30.8 Å². The van der Waals surface area contributed by atoms with Gasteiger partial charge in [-0.3, -0.25) is 0 Å². The fraction of sp³-hybridized carbons (Fsp3) is 0.500. The van der Waals surface area contributed by atoms with Crippen molar-refractivity contribution in [2.75, 3.05) is 0 Å². The molecule has 0 aromatic heterocycles. The van der Waals surface area contributed by atoms with Gasteiger partial charge in [-0.25, -0.2) is 0 Å². The molecule has 0 aliphatic carbocycles. The van der Waals surface area contributed by atoms with E-state index in [9.17, 15) is 3.74 Å². The monoisotopic (exact) mass is 346 g/mol. The van der Waals surface area contributed by atoms with E-state index >= 15 is 0 Å². The maximum atomic E-state index is 13.1. The van der Waals surface area contributed by atoms with Crippen LogP contribution in [0, 0.1) is 0 Å². The number of benzene rings is 1. The molecule has 6 heteroatoms. The number of hydrogen-bond donors (Lipinski definition) is 0. The van der Waals surface area contributed by atoms with Crippen molar-refractivity contribution in [1.29, 1.82) is 0 Å². The second-order valence-electron chi connectivity index (χ2n) is 6.24. The van der Waals surface area contributed by atoms with Crippen LogP contribution in [0.25, 0.3) is 0 Å². The molecule has 0 atom stereocenters. The second kappa shape index (κ2) is 5.51. The van der Waals surface area contributed by atoms with Gasteiger partial charge in [0.1, 0.15) is 0 Å². The van der Waals surface area contributed by atoms with Crippen LogP contribution < -0.4 is 4.35 Å². The summed E-state index contributed by atoms with van der Waals surface area (Å²) in [5.74, 6) is 0. The van der Waals surface area contributed by atoms with Gasteiger partial charge in [-0.05, 0) is 0 Å². The molecule has 0 radical (unpaired) electrons. The first-order chi connectivity index (χ1) is 8.02. The molecule has 0 fully saturated rings. The minimum absolute atomic E-state index is 0.723. The van der Waals surface area contributed by atoms with Gasteiger partial charge in [0.15, 0.2) is 0 Å². The fourth-order valence-electron chi connectivity index (χ4n) is 1.46. The van der Waals surface area contributed by atoms with Crippen LogP contribution in [0.3, 0.4) is 0 Å². The minimum atomic E-state index is -3.92. The first-order valence-electron chi connectivity index (χ1n) is 6.09. The van der Waals surface area contributed by atoms with Crippen LogP contribution in [0.1, 0.15) is 0 Å². The normalized spacial score (nSPS) is 13.7. The van der Waals surface area contributed by atoms with Gasteiger partial charge in [0, 0.05) is 0 Å². The van der Waals surface area contributed by atoms with Crippen LogP contribution in [0.2, 0.25) is 39.3 Å². The van der Waals surface area contributed by atoms with Crippen molar-refractivity contribution in [1.82, 2.24) is 0 Å². The molecular formula is C12H23AsO3Si2. The third kappa shape index (κ3) is 5.28. The molecule has 3 nitrogen and oxygen atoms in total. The Hall–Kier alpha value is -0.0678. The summed E-state index contributed by atoms with van der Waals surface area (Å²) < 4.78 is 25.8. The van der Waals surface area contributed by atoms with Crippen molar-refractivity contribution >= 4 is 35.2 Å². The van der Waals surface area contributed by atoms with Gasteiger partial charge < -0.3 is 0 Å².